The van der Waals surface area contributed by atoms with Gasteiger partial charge in [0.25, 0.3) is 15.9 Å². The van der Waals surface area contributed by atoms with Gasteiger partial charge in [0.05, 0.1) is 35.4 Å². The summed E-state index contributed by atoms with van der Waals surface area (Å²) in [6.07, 6.45) is 0. The minimum Gasteiger partial charge on any atom is -0.399 e. The molecule has 1 aliphatic rings. The fourth-order valence-electron chi connectivity index (χ4n) is 5.06. The number of para-hydroxylation sites is 2. The van der Waals surface area contributed by atoms with Crippen molar-refractivity contribution in [3.63, 3.8) is 0 Å². The Balaban J connectivity index is 0.00000405. The highest BCUT2D eigenvalue weighted by molar-refractivity contribution is 7.92. The van der Waals surface area contributed by atoms with Crippen molar-refractivity contribution >= 4 is 62.1 Å². The van der Waals surface area contributed by atoms with Crippen molar-refractivity contribution in [3.8, 4) is 0 Å². The molecule has 2 atom stereocenters. The third-order valence-corrected chi connectivity index (χ3v) is 9.35. The summed E-state index contributed by atoms with van der Waals surface area (Å²) in [6, 6.07) is 23.1. The maximum atomic E-state index is 14.3. The number of anilines is 3. The van der Waals surface area contributed by atoms with E-state index in [1.54, 1.807) is 43.1 Å². The number of nitrogens with two attached hydrogens (primary N) is 1. The number of rotatable bonds is 7. The summed E-state index contributed by atoms with van der Waals surface area (Å²) < 4.78 is 29.3. The van der Waals surface area contributed by atoms with Crippen LogP contribution in [0.3, 0.4) is 0 Å². The van der Waals surface area contributed by atoms with Crippen molar-refractivity contribution in [2.45, 2.75) is 37.4 Å². The van der Waals surface area contributed by atoms with Crippen LogP contribution in [0.25, 0.3) is 10.8 Å². The number of hydrogen-bond acceptors (Lipinski definition) is 6. The van der Waals surface area contributed by atoms with E-state index in [1.807, 2.05) is 43.3 Å². The largest absolute Gasteiger partial charge is 0.399 e. The lowest BCUT2D eigenvalue weighted by atomic mass is 9.99. The number of carbonyl (C=O) groups excluding carboxylic acids is 2. The van der Waals surface area contributed by atoms with E-state index in [0.717, 1.165) is 21.9 Å². The fraction of sp³-hybridized carbons (Fsp3) is 0.226. The molecule has 1 aliphatic heterocycles. The molecule has 1 heterocycles. The van der Waals surface area contributed by atoms with Gasteiger partial charge in [0.15, 0.2) is 0 Å². The lowest BCUT2D eigenvalue weighted by Gasteiger charge is -2.27. The van der Waals surface area contributed by atoms with Crippen LogP contribution in [0.1, 0.15) is 18.1 Å². The lowest BCUT2D eigenvalue weighted by Crippen LogP contribution is -2.55. The summed E-state index contributed by atoms with van der Waals surface area (Å²) in [5.41, 5.74) is 8.95. The van der Waals surface area contributed by atoms with Crippen LogP contribution in [-0.2, 0) is 26.2 Å². The summed E-state index contributed by atoms with van der Waals surface area (Å²) in [7, 11) is -2.50. The zero-order valence-corrected chi connectivity index (χ0v) is 25.2. The van der Waals surface area contributed by atoms with Crippen molar-refractivity contribution in [1.82, 2.24) is 10.6 Å². The highest BCUT2D eigenvalue weighted by atomic mass is 35.5. The Hall–Kier alpha value is -4.12. The Morgan fingerprint density at radius 3 is 2.31 bits per heavy atom. The van der Waals surface area contributed by atoms with Gasteiger partial charge in [0, 0.05) is 5.69 Å². The molecule has 9 nitrogen and oxygen atoms in total. The van der Waals surface area contributed by atoms with E-state index >= 15 is 0 Å². The quantitative estimate of drug-likeness (QED) is 0.273. The Labute approximate surface area is 252 Å². The third-order valence-electron chi connectivity index (χ3n) is 7.56. The van der Waals surface area contributed by atoms with Gasteiger partial charge < -0.3 is 21.3 Å². The van der Waals surface area contributed by atoms with Gasteiger partial charge in [0.1, 0.15) is 6.04 Å². The van der Waals surface area contributed by atoms with Crippen molar-refractivity contribution in [2.75, 3.05) is 28.5 Å². The smallest absolute Gasteiger partial charge is 0.264 e. The molecule has 0 unspecified atom stereocenters. The van der Waals surface area contributed by atoms with Gasteiger partial charge in [-0.1, -0.05) is 48.5 Å². The molecule has 0 aromatic heterocycles. The second kappa shape index (κ2) is 12.4. The van der Waals surface area contributed by atoms with Gasteiger partial charge in [-0.3, -0.25) is 13.9 Å². The molecule has 0 bridgehead atoms. The molecule has 0 aliphatic carbocycles. The first-order chi connectivity index (χ1) is 19.6. The molecule has 0 saturated heterocycles. The molecule has 11 heteroatoms. The summed E-state index contributed by atoms with van der Waals surface area (Å²) in [5, 5.41) is 7.71. The number of sulfonamides is 1. The lowest BCUT2D eigenvalue weighted by molar-refractivity contribution is -0.128. The van der Waals surface area contributed by atoms with Gasteiger partial charge in [-0.05, 0) is 79.2 Å². The average Bonchev–Trinajstić information content (AvgIpc) is 3.09. The standard InChI is InChI=1S/C31H33N5O4S.ClH/c1-20-12-13-22-8-4-5-9-25(22)26(20)18-35-28-10-6-7-11-29(28)36(41(39,40)24-16-14-23(32)15-17-24)19-27(31(35)38)34-30(37)21(2)33-3;/h4-17,21,27,33H,18-19,32H2,1-3H3,(H,34,37);1H/t21-,27-;/m0./s1. The van der Waals surface area contributed by atoms with E-state index in [1.165, 1.54) is 28.6 Å². The molecule has 42 heavy (non-hydrogen) atoms. The van der Waals surface area contributed by atoms with Gasteiger partial charge in [-0.15, -0.1) is 12.4 Å². The number of nitrogen functional groups attached to an aromatic ring is 1. The highest BCUT2D eigenvalue weighted by Crippen LogP contribution is 2.38. The molecule has 4 N–H and O–H groups in total. The summed E-state index contributed by atoms with van der Waals surface area (Å²) >= 11 is 0. The van der Waals surface area contributed by atoms with Crippen LogP contribution >= 0.6 is 12.4 Å². The van der Waals surface area contributed by atoms with E-state index in [2.05, 4.69) is 10.6 Å². The van der Waals surface area contributed by atoms with Gasteiger partial charge in [-0.2, -0.15) is 0 Å². The number of nitrogens with one attached hydrogen (secondary N) is 2. The summed E-state index contributed by atoms with van der Waals surface area (Å²) in [4.78, 5) is 28.9. The molecule has 0 radical (unpaired) electrons. The second-order valence-corrected chi connectivity index (χ2v) is 12.0. The Bertz CT molecular complexity index is 1730. The molecular formula is C31H34ClN5O4S. The first-order valence-electron chi connectivity index (χ1n) is 13.4. The minimum atomic E-state index is -4.14. The monoisotopic (exact) mass is 607 g/mol. The van der Waals surface area contributed by atoms with Crippen molar-refractivity contribution < 1.29 is 18.0 Å². The van der Waals surface area contributed by atoms with E-state index in [4.69, 9.17) is 5.73 Å². The van der Waals surface area contributed by atoms with E-state index < -0.39 is 33.9 Å². The maximum Gasteiger partial charge on any atom is 0.264 e. The number of benzene rings is 4. The Kier molecular flexibility index (Phi) is 9.10. The second-order valence-electron chi connectivity index (χ2n) is 10.2. The van der Waals surface area contributed by atoms with Crippen LogP contribution in [0.4, 0.5) is 17.1 Å². The fourth-order valence-corrected chi connectivity index (χ4v) is 6.55. The number of hydrogen-bond donors (Lipinski definition) is 3. The molecule has 0 spiro atoms. The van der Waals surface area contributed by atoms with Crippen molar-refractivity contribution in [1.29, 1.82) is 0 Å². The predicted molar refractivity (Wildman–Crippen MR) is 169 cm³/mol. The van der Waals surface area contributed by atoms with Crippen LogP contribution in [0.15, 0.2) is 89.8 Å². The number of nitrogens with zero attached hydrogens (tertiary/aromatic N) is 2. The van der Waals surface area contributed by atoms with Crippen LogP contribution in [0.5, 0.6) is 0 Å². The molecular weight excluding hydrogens is 574 g/mol. The van der Waals surface area contributed by atoms with Crippen molar-refractivity contribution in [2.24, 2.45) is 0 Å². The van der Waals surface area contributed by atoms with Crippen LogP contribution in [-0.4, -0.2) is 45.9 Å². The molecule has 5 rings (SSSR count). The van der Waals surface area contributed by atoms with Gasteiger partial charge in [0.2, 0.25) is 5.91 Å². The first-order valence-corrected chi connectivity index (χ1v) is 14.8. The molecule has 4 aromatic rings. The SMILES string of the molecule is CN[C@@H](C)C(=O)N[C@H]1CN(S(=O)(=O)c2ccc(N)cc2)c2ccccc2N(Cc2c(C)ccc3ccccc23)C1=O.Cl. The summed E-state index contributed by atoms with van der Waals surface area (Å²) in [6.45, 7) is 3.57. The van der Waals surface area contributed by atoms with Crippen LogP contribution in [0.2, 0.25) is 0 Å². The van der Waals surface area contributed by atoms with Gasteiger partial charge in [-0.25, -0.2) is 8.42 Å². The Morgan fingerprint density at radius 1 is 0.976 bits per heavy atom. The number of amides is 2. The zero-order chi connectivity index (χ0) is 29.3. The molecule has 220 valence electrons. The minimum absolute atomic E-state index is 0. The number of likely N-dealkylation sites (N-methyl/N-ethyl adjacent to an activating group) is 1. The van der Waals surface area contributed by atoms with E-state index in [-0.39, 0.29) is 30.4 Å². The van der Waals surface area contributed by atoms with Gasteiger partial charge >= 0.3 is 0 Å². The average molecular weight is 608 g/mol. The topological polar surface area (TPSA) is 125 Å². The predicted octanol–water partition coefficient (Wildman–Crippen LogP) is 3.99. The van der Waals surface area contributed by atoms with Crippen molar-refractivity contribution in [3.05, 3.63) is 96.1 Å². The Morgan fingerprint density at radius 2 is 1.62 bits per heavy atom. The summed E-state index contributed by atoms with van der Waals surface area (Å²) in [5.74, 6) is -0.820. The van der Waals surface area contributed by atoms with E-state index in [9.17, 15) is 18.0 Å². The first kappa shape index (κ1) is 30.8. The third kappa shape index (κ3) is 5.78. The normalized spacial score (nSPS) is 15.9. The van der Waals surface area contributed by atoms with Crippen LogP contribution in [0, 0.1) is 6.92 Å². The zero-order valence-electron chi connectivity index (χ0n) is 23.6. The van der Waals surface area contributed by atoms with E-state index in [0.29, 0.717) is 17.1 Å². The molecule has 4 aromatic carbocycles. The van der Waals surface area contributed by atoms with Crippen LogP contribution < -0.4 is 25.6 Å². The number of halogens is 1. The number of aryl methyl sites for hydroxylation is 1. The molecule has 0 fully saturated rings. The number of fused-ring (bicyclic) bond motifs is 2. The highest BCUT2D eigenvalue weighted by Gasteiger charge is 2.40. The maximum absolute atomic E-state index is 14.3. The molecule has 2 amide bonds. The molecule has 0 saturated carbocycles. The number of carbonyl (C=O) groups is 2.